The minimum Gasteiger partial charge on any atom is -1.00 e. The lowest BCUT2D eigenvalue weighted by Crippen LogP contribution is -3.00. The second-order valence-electron chi connectivity index (χ2n) is 8.93. The summed E-state index contributed by atoms with van der Waals surface area (Å²) in [6.45, 7) is 18.0. The fourth-order valence-corrected chi connectivity index (χ4v) is 4.58. The molecule has 33 heavy (non-hydrogen) atoms. The summed E-state index contributed by atoms with van der Waals surface area (Å²) in [5.41, 5.74) is 3.48. The van der Waals surface area contributed by atoms with Crippen molar-refractivity contribution in [3.63, 3.8) is 0 Å². The maximum absolute atomic E-state index is 13.4. The highest BCUT2D eigenvalue weighted by atomic mass is 127. The van der Waals surface area contributed by atoms with Gasteiger partial charge in [0.1, 0.15) is 0 Å². The van der Waals surface area contributed by atoms with E-state index in [1.165, 1.54) is 4.57 Å². The average Bonchev–Trinajstić information content (AvgIpc) is 2.78. The normalized spacial score (nSPS) is 11.8. The molecule has 0 aromatic heterocycles. The zero-order chi connectivity index (χ0) is 23.5. The van der Waals surface area contributed by atoms with E-state index in [2.05, 4.69) is 45.7 Å². The third-order valence-electron chi connectivity index (χ3n) is 7.22. The van der Waals surface area contributed by atoms with Crippen molar-refractivity contribution in [2.24, 2.45) is 0 Å². The molecule has 2 aliphatic rings. The number of aryl methyl sites for hydroxylation is 3. The summed E-state index contributed by atoms with van der Waals surface area (Å²) in [4.78, 5) is 35.3. The van der Waals surface area contributed by atoms with Crippen LogP contribution in [0.2, 0.25) is 0 Å². The number of hydrogen-bond donors (Lipinski definition) is 0. The van der Waals surface area contributed by atoms with Gasteiger partial charge in [-0.3, -0.25) is 9.36 Å². The van der Waals surface area contributed by atoms with Crippen molar-refractivity contribution in [3.05, 3.63) is 44.1 Å². The molecule has 3 rings (SSSR count). The maximum Gasteiger partial charge on any atom is 0.352 e. The molecule has 7 nitrogen and oxygen atoms in total. The van der Waals surface area contributed by atoms with Crippen molar-refractivity contribution in [2.45, 2.75) is 73.9 Å². The summed E-state index contributed by atoms with van der Waals surface area (Å²) < 4.78 is 4.28. The molecule has 2 aliphatic heterocycles. The predicted molar refractivity (Wildman–Crippen MR) is 130 cm³/mol. The van der Waals surface area contributed by atoms with Gasteiger partial charge >= 0.3 is 5.69 Å². The number of hydrogen-bond acceptors (Lipinski definition) is 4. The Balaban J connectivity index is 0.00000385. The van der Waals surface area contributed by atoms with Gasteiger partial charge in [0.15, 0.2) is 11.5 Å². The molecule has 0 amide bonds. The third-order valence-corrected chi connectivity index (χ3v) is 7.22. The Hall–Kier alpha value is -1.81. The van der Waals surface area contributed by atoms with Crippen LogP contribution in [-0.4, -0.2) is 49.8 Å². The standard InChI is InChI=1S/C25H38N5O2.HI/c1-7-11-13-28-21-17-19(6)18(5)16-20(21)26-22-23(28)27-25(32)29(24(22)31)14-12-15-30(8-2,9-3)10-4;/h16-17H,7-15H2,1-6H3;1H/q+1;/p-1. The quantitative estimate of drug-likeness (QED) is 0.206. The van der Waals surface area contributed by atoms with Crippen LogP contribution < -0.4 is 35.2 Å². The topological polar surface area (TPSA) is 69.8 Å². The van der Waals surface area contributed by atoms with Crippen LogP contribution in [0.1, 0.15) is 58.1 Å². The van der Waals surface area contributed by atoms with Crippen LogP contribution in [0.25, 0.3) is 22.6 Å². The molecular weight excluding hydrogens is 529 g/mol. The summed E-state index contributed by atoms with van der Waals surface area (Å²) in [7, 11) is 0. The Morgan fingerprint density at radius 1 is 0.848 bits per heavy atom. The van der Waals surface area contributed by atoms with Gasteiger partial charge < -0.3 is 33.0 Å². The lowest BCUT2D eigenvalue weighted by atomic mass is 10.1. The predicted octanol–water partition coefficient (Wildman–Crippen LogP) is 0.746. The fraction of sp³-hybridized carbons (Fsp3) is 0.600. The Labute approximate surface area is 213 Å². The molecule has 0 saturated heterocycles. The van der Waals surface area contributed by atoms with Gasteiger partial charge in [-0.15, -0.1) is 0 Å². The highest BCUT2D eigenvalue weighted by Gasteiger charge is 2.23. The van der Waals surface area contributed by atoms with Gasteiger partial charge in [-0.1, -0.05) is 13.3 Å². The van der Waals surface area contributed by atoms with Crippen LogP contribution >= 0.6 is 0 Å². The smallest absolute Gasteiger partial charge is 0.352 e. The van der Waals surface area contributed by atoms with E-state index in [1.54, 1.807) is 0 Å². The molecule has 1 aromatic rings. The van der Waals surface area contributed by atoms with Gasteiger partial charge in [-0.25, -0.2) is 9.78 Å². The molecule has 0 spiro atoms. The highest BCUT2D eigenvalue weighted by molar-refractivity contribution is 5.81. The van der Waals surface area contributed by atoms with Crippen molar-refractivity contribution in [1.82, 2.24) is 19.1 Å². The SMILES string of the molecule is CCCCn1c2nc(=O)n(CCC[N+](CC)(CC)CC)c(=O)c-2nc2cc(C)c(C)cc21.[I-]. The minimum atomic E-state index is -0.472. The molecule has 0 atom stereocenters. The van der Waals surface area contributed by atoms with E-state index in [4.69, 9.17) is 4.98 Å². The number of rotatable bonds is 10. The van der Waals surface area contributed by atoms with Crippen LogP contribution in [0.15, 0.2) is 21.7 Å². The van der Waals surface area contributed by atoms with Gasteiger partial charge in [0, 0.05) is 19.5 Å². The number of quaternary nitrogens is 1. The number of nitrogens with zero attached hydrogens (tertiary/aromatic N) is 5. The molecule has 0 aliphatic carbocycles. The van der Waals surface area contributed by atoms with Crippen molar-refractivity contribution in [2.75, 3.05) is 26.2 Å². The third kappa shape index (κ3) is 5.48. The minimum absolute atomic E-state index is 0. The first-order chi connectivity index (χ1) is 15.3. The van der Waals surface area contributed by atoms with Crippen LogP contribution in [0, 0.1) is 13.8 Å². The van der Waals surface area contributed by atoms with E-state index < -0.39 is 5.69 Å². The Bertz CT molecular complexity index is 1170. The van der Waals surface area contributed by atoms with E-state index in [-0.39, 0.29) is 29.5 Å². The van der Waals surface area contributed by atoms with Crippen molar-refractivity contribution >= 4 is 11.0 Å². The van der Waals surface area contributed by atoms with Gasteiger partial charge in [0.05, 0.1) is 37.2 Å². The summed E-state index contributed by atoms with van der Waals surface area (Å²) in [5, 5.41) is 0. The summed E-state index contributed by atoms with van der Waals surface area (Å²) >= 11 is 0. The first kappa shape index (κ1) is 27.4. The zero-order valence-corrected chi connectivity index (χ0v) is 23.1. The highest BCUT2D eigenvalue weighted by Crippen LogP contribution is 2.24. The lowest BCUT2D eigenvalue weighted by molar-refractivity contribution is -0.923. The molecule has 0 radical (unpaired) electrons. The van der Waals surface area contributed by atoms with Crippen molar-refractivity contribution in [1.29, 1.82) is 0 Å². The van der Waals surface area contributed by atoms with Crippen LogP contribution in [0.5, 0.6) is 0 Å². The molecule has 0 N–H and O–H groups in total. The van der Waals surface area contributed by atoms with Gasteiger partial charge in [0.2, 0.25) is 0 Å². The van der Waals surface area contributed by atoms with Crippen LogP contribution in [0.3, 0.4) is 0 Å². The maximum atomic E-state index is 13.4. The molecule has 2 heterocycles. The van der Waals surface area contributed by atoms with E-state index in [1.807, 2.05) is 17.6 Å². The zero-order valence-electron chi connectivity index (χ0n) is 20.9. The number of aromatic nitrogens is 4. The van der Waals surface area contributed by atoms with Crippen molar-refractivity contribution in [3.8, 4) is 11.5 Å². The van der Waals surface area contributed by atoms with E-state index in [0.29, 0.717) is 24.6 Å². The Morgan fingerprint density at radius 3 is 2.06 bits per heavy atom. The second kappa shape index (κ2) is 11.6. The molecule has 0 bridgehead atoms. The van der Waals surface area contributed by atoms with Gasteiger partial charge in [-0.05, 0) is 64.3 Å². The van der Waals surface area contributed by atoms with Gasteiger partial charge in [0.25, 0.3) is 5.56 Å². The summed E-state index contributed by atoms with van der Waals surface area (Å²) in [6.07, 6.45) is 2.71. The first-order valence-electron chi connectivity index (χ1n) is 12.1. The molecule has 0 unspecified atom stereocenters. The average molecular weight is 568 g/mol. The first-order valence-corrected chi connectivity index (χ1v) is 12.1. The van der Waals surface area contributed by atoms with Crippen molar-refractivity contribution < 1.29 is 28.5 Å². The molecular formula is C25H38IN5O2. The Morgan fingerprint density at radius 2 is 1.45 bits per heavy atom. The number of fused-ring (bicyclic) bond motifs is 2. The Kier molecular flexibility index (Phi) is 9.60. The van der Waals surface area contributed by atoms with Crippen LogP contribution in [0.4, 0.5) is 0 Å². The molecule has 0 fully saturated rings. The monoisotopic (exact) mass is 567 g/mol. The number of unbranched alkanes of at least 4 members (excludes halogenated alkanes) is 1. The molecule has 1 aromatic carbocycles. The molecule has 8 heteroatoms. The van der Waals surface area contributed by atoms with E-state index in [9.17, 15) is 9.59 Å². The summed E-state index contributed by atoms with van der Waals surface area (Å²) in [6, 6.07) is 4.11. The van der Waals surface area contributed by atoms with E-state index in [0.717, 1.165) is 72.1 Å². The lowest BCUT2D eigenvalue weighted by Gasteiger charge is -2.35. The van der Waals surface area contributed by atoms with Crippen LogP contribution in [-0.2, 0) is 13.1 Å². The number of benzene rings is 1. The fourth-order valence-electron chi connectivity index (χ4n) is 4.58. The largest absolute Gasteiger partial charge is 1.00 e. The number of halogens is 1. The summed E-state index contributed by atoms with van der Waals surface area (Å²) in [5.74, 6) is 0.404. The van der Waals surface area contributed by atoms with Gasteiger partial charge in [-0.2, -0.15) is 4.98 Å². The molecule has 182 valence electrons. The molecule has 0 saturated carbocycles. The van der Waals surface area contributed by atoms with E-state index >= 15 is 0 Å². The second-order valence-corrected chi connectivity index (χ2v) is 8.93.